The van der Waals surface area contributed by atoms with Crippen molar-refractivity contribution in [2.24, 2.45) is 5.73 Å². The molecular formula is C19H19BN4NaO5-. The van der Waals surface area contributed by atoms with Gasteiger partial charge in [-0.05, 0) is 23.1 Å². The molecule has 3 aromatic rings. The number of aromatic nitrogens is 3. The first-order valence-corrected chi connectivity index (χ1v) is 9.21. The number of carbonyl (C=O) groups excluding carboxylic acids is 1. The zero-order chi connectivity index (χ0) is 20.6. The molecule has 0 radical (unpaired) electrons. The van der Waals surface area contributed by atoms with Gasteiger partial charge in [-0.25, -0.2) is 4.68 Å². The Morgan fingerprint density at radius 2 is 1.97 bits per heavy atom. The second-order valence-corrected chi connectivity index (χ2v) is 7.09. The van der Waals surface area contributed by atoms with Crippen LogP contribution < -0.4 is 45.1 Å². The second-order valence-electron chi connectivity index (χ2n) is 7.09. The van der Waals surface area contributed by atoms with E-state index in [4.69, 9.17) is 10.4 Å². The Hall–Kier alpha value is -2.21. The number of benzene rings is 2. The molecule has 30 heavy (non-hydrogen) atoms. The summed E-state index contributed by atoms with van der Waals surface area (Å²) in [6, 6.07) is 11.0. The van der Waals surface area contributed by atoms with Crippen LogP contribution in [0.5, 0.6) is 5.75 Å². The van der Waals surface area contributed by atoms with E-state index in [-0.39, 0.29) is 53.7 Å². The predicted molar refractivity (Wildman–Crippen MR) is 103 cm³/mol. The largest absolute Gasteiger partial charge is 1.00 e. The molecule has 0 atom stereocenters. The average Bonchev–Trinajstić information content (AvgIpc) is 3.15. The number of carboxylic acids is 1. The summed E-state index contributed by atoms with van der Waals surface area (Å²) in [6.45, 7) is -2.54. The third-order valence-corrected chi connectivity index (χ3v) is 4.98. The summed E-state index contributed by atoms with van der Waals surface area (Å²) in [4.78, 5) is 11.8. The van der Waals surface area contributed by atoms with E-state index in [2.05, 4.69) is 10.3 Å². The van der Waals surface area contributed by atoms with Gasteiger partial charge in [-0.3, -0.25) is 0 Å². The monoisotopic (exact) mass is 417 g/mol. The van der Waals surface area contributed by atoms with Crippen molar-refractivity contribution >= 4 is 12.7 Å². The van der Waals surface area contributed by atoms with Gasteiger partial charge in [0.05, 0.1) is 24.5 Å². The molecule has 1 aliphatic heterocycles. The van der Waals surface area contributed by atoms with Crippen molar-refractivity contribution in [3.05, 3.63) is 64.8 Å². The van der Waals surface area contributed by atoms with E-state index in [1.165, 1.54) is 4.68 Å². The SMILES string of the molecule is NCc1ccc(-c2cn(Cc3ccc4c(c3C(=O)[O-])O[B-](O)(O)CC4)nn2)cc1.[Na+]. The number of hydrogen-bond donors (Lipinski definition) is 3. The van der Waals surface area contributed by atoms with Crippen LogP contribution in [0.25, 0.3) is 11.3 Å². The minimum absolute atomic E-state index is 0. The molecule has 2 aromatic carbocycles. The van der Waals surface area contributed by atoms with Crippen molar-refractivity contribution in [3.63, 3.8) is 0 Å². The third-order valence-electron chi connectivity index (χ3n) is 4.98. The molecule has 0 fully saturated rings. The number of fused-ring (bicyclic) bond motifs is 1. The first kappa shape index (κ1) is 22.5. The van der Waals surface area contributed by atoms with Gasteiger partial charge in [-0.2, -0.15) is 0 Å². The standard InChI is InChI=1S/C19H20BN4O5.Na/c21-9-12-1-3-13(4-2-12)16-11-24(23-22-16)10-15-6-5-14-7-8-20(27,28)29-18(14)17(15)19(25)26;/h1-6,11,27-28H,7-10,21H2,(H,25,26);/q-1;+1/p-1. The molecule has 0 saturated heterocycles. The number of aromatic carboxylic acids is 1. The van der Waals surface area contributed by atoms with Gasteiger partial charge in [0.2, 0.25) is 0 Å². The Kier molecular flexibility index (Phi) is 6.66. The fraction of sp³-hybridized carbons (Fsp3) is 0.211. The molecule has 1 aliphatic rings. The molecule has 2 heterocycles. The molecule has 1 aromatic heterocycles. The van der Waals surface area contributed by atoms with E-state index in [0.717, 1.165) is 11.1 Å². The fourth-order valence-electron chi connectivity index (χ4n) is 3.44. The first-order valence-electron chi connectivity index (χ1n) is 9.21. The van der Waals surface area contributed by atoms with Crippen molar-refractivity contribution in [1.82, 2.24) is 15.0 Å². The molecule has 150 valence electrons. The van der Waals surface area contributed by atoms with E-state index in [1.807, 2.05) is 24.3 Å². The maximum absolute atomic E-state index is 11.8. The van der Waals surface area contributed by atoms with Gasteiger partial charge in [-0.15, -0.1) is 5.10 Å². The van der Waals surface area contributed by atoms with Crippen LogP contribution in [-0.2, 0) is 19.5 Å². The predicted octanol–water partition coefficient (Wildman–Crippen LogP) is -3.32. The van der Waals surface area contributed by atoms with Gasteiger partial charge in [-0.1, -0.05) is 47.9 Å². The minimum Gasteiger partial charge on any atom is -0.669 e. The molecule has 0 spiro atoms. The number of nitrogens with two attached hydrogens (primary N) is 1. The van der Waals surface area contributed by atoms with Crippen molar-refractivity contribution in [3.8, 4) is 17.0 Å². The maximum atomic E-state index is 11.8. The molecule has 0 aliphatic carbocycles. The summed E-state index contributed by atoms with van der Waals surface area (Å²) < 4.78 is 6.68. The molecular weight excluding hydrogens is 398 g/mol. The van der Waals surface area contributed by atoms with Crippen molar-refractivity contribution in [1.29, 1.82) is 0 Å². The Bertz CT molecular complexity index is 1070. The number of aryl methyl sites for hydroxylation is 1. The van der Waals surface area contributed by atoms with Gasteiger partial charge in [0.1, 0.15) is 5.69 Å². The zero-order valence-corrected chi connectivity index (χ0v) is 18.5. The van der Waals surface area contributed by atoms with Crippen LogP contribution in [0.1, 0.15) is 27.0 Å². The van der Waals surface area contributed by atoms with Gasteiger partial charge < -0.3 is 30.3 Å². The summed E-state index contributed by atoms with van der Waals surface area (Å²) in [5.74, 6) is -1.51. The summed E-state index contributed by atoms with van der Waals surface area (Å²) in [7, 11) is 0. The summed E-state index contributed by atoms with van der Waals surface area (Å²) in [6.07, 6.45) is 2.01. The molecule has 4 rings (SSSR count). The van der Waals surface area contributed by atoms with Crippen LogP contribution in [0.15, 0.2) is 42.6 Å². The summed E-state index contributed by atoms with van der Waals surface area (Å²) in [5, 5.41) is 39.6. The topological polar surface area (TPSA) is 147 Å². The second kappa shape index (κ2) is 8.89. The summed E-state index contributed by atoms with van der Waals surface area (Å²) >= 11 is 0. The average molecular weight is 417 g/mol. The smallest absolute Gasteiger partial charge is 0.669 e. The Balaban J connectivity index is 0.00000256. The Morgan fingerprint density at radius 1 is 1.23 bits per heavy atom. The number of carboxylic acid groups (broad SMARTS) is 1. The minimum atomic E-state index is -3.09. The molecule has 0 unspecified atom stereocenters. The molecule has 0 saturated carbocycles. The van der Waals surface area contributed by atoms with Crippen molar-refractivity contribution in [2.75, 3.05) is 0 Å². The molecule has 0 amide bonds. The summed E-state index contributed by atoms with van der Waals surface area (Å²) in [5.41, 5.74) is 8.84. The number of carbonyl (C=O) groups is 1. The van der Waals surface area contributed by atoms with Crippen LogP contribution in [0, 0.1) is 0 Å². The van der Waals surface area contributed by atoms with Gasteiger partial charge in [0.25, 0.3) is 0 Å². The Morgan fingerprint density at radius 3 is 2.63 bits per heavy atom. The Labute approximate surface area is 194 Å². The molecule has 4 N–H and O–H groups in total. The zero-order valence-electron chi connectivity index (χ0n) is 16.5. The van der Waals surface area contributed by atoms with Crippen LogP contribution in [-0.4, -0.2) is 37.8 Å². The van der Waals surface area contributed by atoms with E-state index in [0.29, 0.717) is 29.8 Å². The maximum Gasteiger partial charge on any atom is 1.00 e. The van der Waals surface area contributed by atoms with Gasteiger partial charge in [0, 0.05) is 17.7 Å². The number of rotatable bonds is 5. The van der Waals surface area contributed by atoms with Gasteiger partial charge in [0.15, 0.2) is 0 Å². The van der Waals surface area contributed by atoms with Crippen LogP contribution in [0.4, 0.5) is 0 Å². The quantitative estimate of drug-likeness (QED) is 0.366. The molecule has 0 bridgehead atoms. The molecule has 9 nitrogen and oxygen atoms in total. The van der Waals surface area contributed by atoms with E-state index in [9.17, 15) is 19.9 Å². The first-order chi connectivity index (χ1) is 13.9. The molecule has 11 heteroatoms. The van der Waals surface area contributed by atoms with Crippen LogP contribution in [0.2, 0.25) is 6.32 Å². The van der Waals surface area contributed by atoms with Crippen molar-refractivity contribution in [2.45, 2.75) is 25.8 Å². The van der Waals surface area contributed by atoms with Gasteiger partial charge >= 0.3 is 36.3 Å². The van der Waals surface area contributed by atoms with E-state index in [1.54, 1.807) is 18.3 Å². The van der Waals surface area contributed by atoms with Crippen LogP contribution in [0.3, 0.4) is 0 Å². The van der Waals surface area contributed by atoms with Crippen molar-refractivity contribution < 1.29 is 54.2 Å². The van der Waals surface area contributed by atoms with E-state index < -0.39 is 12.7 Å². The van der Waals surface area contributed by atoms with E-state index >= 15 is 0 Å². The normalized spacial score (nSPS) is 14.4. The van der Waals surface area contributed by atoms with Crippen LogP contribution >= 0.6 is 0 Å². The third kappa shape index (κ3) is 4.59. The number of hydrogen-bond acceptors (Lipinski definition) is 8. The fourth-order valence-corrected chi connectivity index (χ4v) is 3.44. The number of nitrogens with zero attached hydrogens (tertiary/aromatic N) is 3.